The highest BCUT2D eigenvalue weighted by Gasteiger charge is 2.00. The molecule has 3 heteroatoms. The standard InChI is InChI=1S/C9H7N3/c1-7-2-3-8-9(4-7)12(5-10)6-11-8/h2-4,6H,1H3. The number of hydrogen-bond acceptors (Lipinski definition) is 2. The Morgan fingerprint density at radius 2 is 2.33 bits per heavy atom. The molecule has 0 radical (unpaired) electrons. The summed E-state index contributed by atoms with van der Waals surface area (Å²) >= 11 is 0. The molecule has 12 heavy (non-hydrogen) atoms. The van der Waals surface area contributed by atoms with Crippen molar-refractivity contribution < 1.29 is 0 Å². The molecule has 1 heterocycles. The van der Waals surface area contributed by atoms with Crippen LogP contribution >= 0.6 is 0 Å². The lowest BCUT2D eigenvalue weighted by molar-refractivity contribution is 1.11. The minimum absolute atomic E-state index is 0.863. The fourth-order valence-corrected chi connectivity index (χ4v) is 1.20. The van der Waals surface area contributed by atoms with Gasteiger partial charge in [0.05, 0.1) is 11.0 Å². The van der Waals surface area contributed by atoms with Gasteiger partial charge in [-0.1, -0.05) is 6.07 Å². The summed E-state index contributed by atoms with van der Waals surface area (Å²) in [6.45, 7) is 1.99. The fraction of sp³-hybridized carbons (Fsp3) is 0.111. The molecule has 0 saturated heterocycles. The van der Waals surface area contributed by atoms with Gasteiger partial charge in [0.2, 0.25) is 0 Å². The van der Waals surface area contributed by atoms with Gasteiger partial charge in [0.15, 0.2) is 6.19 Å². The minimum Gasteiger partial charge on any atom is -0.236 e. The zero-order chi connectivity index (χ0) is 8.55. The third-order valence-corrected chi connectivity index (χ3v) is 1.81. The van der Waals surface area contributed by atoms with Crippen LogP contribution in [0.4, 0.5) is 0 Å². The number of fused-ring (bicyclic) bond motifs is 1. The van der Waals surface area contributed by atoms with Crippen molar-refractivity contribution >= 4 is 11.0 Å². The largest absolute Gasteiger partial charge is 0.236 e. The molecule has 1 aromatic carbocycles. The van der Waals surface area contributed by atoms with Crippen LogP contribution in [0.2, 0.25) is 0 Å². The number of nitriles is 1. The first kappa shape index (κ1) is 6.86. The zero-order valence-corrected chi connectivity index (χ0v) is 6.65. The zero-order valence-electron chi connectivity index (χ0n) is 6.65. The summed E-state index contributed by atoms with van der Waals surface area (Å²) in [7, 11) is 0. The lowest BCUT2D eigenvalue weighted by Gasteiger charge is -1.92. The number of imidazole rings is 1. The third kappa shape index (κ3) is 0.857. The average Bonchev–Trinajstić information content (AvgIpc) is 2.46. The Balaban J connectivity index is 2.86. The van der Waals surface area contributed by atoms with Crippen LogP contribution in [0, 0.1) is 18.4 Å². The second kappa shape index (κ2) is 2.35. The predicted octanol–water partition coefficient (Wildman–Crippen LogP) is 1.67. The predicted molar refractivity (Wildman–Crippen MR) is 45.5 cm³/mol. The summed E-state index contributed by atoms with van der Waals surface area (Å²) < 4.78 is 1.46. The molecule has 2 rings (SSSR count). The number of aryl methyl sites for hydroxylation is 1. The summed E-state index contributed by atoms with van der Waals surface area (Å²) in [4.78, 5) is 4.07. The van der Waals surface area contributed by atoms with Gasteiger partial charge in [-0.25, -0.2) is 9.55 Å². The van der Waals surface area contributed by atoms with E-state index in [1.54, 1.807) is 0 Å². The molecule has 3 nitrogen and oxygen atoms in total. The number of aromatic nitrogens is 2. The highest BCUT2D eigenvalue weighted by molar-refractivity contribution is 5.76. The maximum Gasteiger partial charge on any atom is 0.190 e. The van der Waals surface area contributed by atoms with Gasteiger partial charge >= 0.3 is 0 Å². The van der Waals surface area contributed by atoms with E-state index in [-0.39, 0.29) is 0 Å². The molecule has 2 aromatic rings. The van der Waals surface area contributed by atoms with Crippen molar-refractivity contribution in [1.29, 1.82) is 5.26 Å². The normalized spacial score (nSPS) is 10.0. The van der Waals surface area contributed by atoms with Gasteiger partial charge in [0.1, 0.15) is 6.33 Å². The lowest BCUT2D eigenvalue weighted by atomic mass is 10.2. The van der Waals surface area contributed by atoms with E-state index in [2.05, 4.69) is 4.98 Å². The van der Waals surface area contributed by atoms with E-state index in [0.29, 0.717) is 0 Å². The van der Waals surface area contributed by atoms with Crippen LogP contribution in [-0.2, 0) is 0 Å². The summed E-state index contributed by atoms with van der Waals surface area (Å²) in [5.41, 5.74) is 2.87. The van der Waals surface area contributed by atoms with E-state index in [4.69, 9.17) is 5.26 Å². The van der Waals surface area contributed by atoms with Crippen LogP contribution in [0.25, 0.3) is 11.0 Å². The van der Waals surface area contributed by atoms with E-state index in [0.717, 1.165) is 16.6 Å². The number of benzene rings is 1. The molecule has 0 aliphatic heterocycles. The van der Waals surface area contributed by atoms with E-state index < -0.39 is 0 Å². The first-order valence-electron chi connectivity index (χ1n) is 3.65. The third-order valence-electron chi connectivity index (χ3n) is 1.81. The maximum atomic E-state index is 8.69. The Kier molecular flexibility index (Phi) is 1.34. The fourth-order valence-electron chi connectivity index (χ4n) is 1.20. The van der Waals surface area contributed by atoms with Gasteiger partial charge in [-0.3, -0.25) is 0 Å². The second-order valence-electron chi connectivity index (χ2n) is 2.71. The minimum atomic E-state index is 0.863. The van der Waals surface area contributed by atoms with Crippen molar-refractivity contribution in [2.45, 2.75) is 6.92 Å². The van der Waals surface area contributed by atoms with E-state index in [9.17, 15) is 0 Å². The average molecular weight is 157 g/mol. The molecule has 1 aromatic heterocycles. The van der Waals surface area contributed by atoms with Crippen LogP contribution in [-0.4, -0.2) is 9.55 Å². The molecule has 0 fully saturated rings. The summed E-state index contributed by atoms with van der Waals surface area (Å²) in [6, 6.07) is 5.85. The monoisotopic (exact) mass is 157 g/mol. The highest BCUT2D eigenvalue weighted by atomic mass is 15.0. The molecular formula is C9H7N3. The van der Waals surface area contributed by atoms with Crippen molar-refractivity contribution in [3.8, 4) is 6.19 Å². The number of rotatable bonds is 0. The quantitative estimate of drug-likeness (QED) is 0.583. The van der Waals surface area contributed by atoms with Gasteiger partial charge < -0.3 is 0 Å². The molecule has 0 bridgehead atoms. The maximum absolute atomic E-state index is 8.69. The van der Waals surface area contributed by atoms with Gasteiger partial charge in [0, 0.05) is 0 Å². The number of nitrogens with zero attached hydrogens (tertiary/aromatic N) is 3. The van der Waals surface area contributed by atoms with Crippen LogP contribution in [0.5, 0.6) is 0 Å². The van der Waals surface area contributed by atoms with E-state index in [1.807, 2.05) is 31.3 Å². The molecule has 0 amide bonds. The molecule has 0 saturated carbocycles. The van der Waals surface area contributed by atoms with Crippen LogP contribution < -0.4 is 0 Å². The van der Waals surface area contributed by atoms with Crippen molar-refractivity contribution in [3.63, 3.8) is 0 Å². The molecule has 0 unspecified atom stereocenters. The topological polar surface area (TPSA) is 41.6 Å². The summed E-state index contributed by atoms with van der Waals surface area (Å²) in [5, 5.41) is 8.69. The molecule has 0 spiro atoms. The Morgan fingerprint density at radius 3 is 3.08 bits per heavy atom. The smallest absolute Gasteiger partial charge is 0.190 e. The van der Waals surface area contributed by atoms with Crippen LogP contribution in [0.1, 0.15) is 5.56 Å². The summed E-state index contributed by atoms with van der Waals surface area (Å²) in [6.07, 6.45) is 3.56. The van der Waals surface area contributed by atoms with Gasteiger partial charge in [-0.15, -0.1) is 0 Å². The van der Waals surface area contributed by atoms with Gasteiger partial charge in [-0.05, 0) is 24.6 Å². The molecule has 0 aliphatic carbocycles. The molecule has 0 N–H and O–H groups in total. The van der Waals surface area contributed by atoms with Gasteiger partial charge in [0.25, 0.3) is 0 Å². The van der Waals surface area contributed by atoms with E-state index in [1.165, 1.54) is 10.9 Å². The first-order valence-corrected chi connectivity index (χ1v) is 3.65. The van der Waals surface area contributed by atoms with Crippen LogP contribution in [0.15, 0.2) is 24.5 Å². The highest BCUT2D eigenvalue weighted by Crippen LogP contribution is 2.13. The summed E-state index contributed by atoms with van der Waals surface area (Å²) in [5.74, 6) is 0. The van der Waals surface area contributed by atoms with Crippen molar-refractivity contribution in [2.75, 3.05) is 0 Å². The molecular weight excluding hydrogens is 150 g/mol. The second-order valence-corrected chi connectivity index (χ2v) is 2.71. The van der Waals surface area contributed by atoms with E-state index >= 15 is 0 Å². The Bertz CT molecular complexity index is 462. The molecule has 0 aliphatic rings. The Labute approximate surface area is 69.9 Å². The van der Waals surface area contributed by atoms with Crippen molar-refractivity contribution in [3.05, 3.63) is 30.1 Å². The van der Waals surface area contributed by atoms with Crippen molar-refractivity contribution in [2.24, 2.45) is 0 Å². The lowest BCUT2D eigenvalue weighted by Crippen LogP contribution is -1.83. The molecule has 58 valence electrons. The van der Waals surface area contributed by atoms with Crippen LogP contribution in [0.3, 0.4) is 0 Å². The first-order chi connectivity index (χ1) is 5.81. The Morgan fingerprint density at radius 1 is 1.50 bits per heavy atom. The Hall–Kier alpha value is -1.82. The SMILES string of the molecule is Cc1ccc2ncn(C#N)c2c1. The van der Waals surface area contributed by atoms with Gasteiger partial charge in [-0.2, -0.15) is 5.26 Å². The van der Waals surface area contributed by atoms with Crippen molar-refractivity contribution in [1.82, 2.24) is 9.55 Å². The molecule has 0 atom stereocenters. The number of hydrogen-bond donors (Lipinski definition) is 0.